The summed E-state index contributed by atoms with van der Waals surface area (Å²) in [7, 11) is 0. The van der Waals surface area contributed by atoms with Gasteiger partial charge >= 0.3 is 6.09 Å². The van der Waals surface area contributed by atoms with Crippen molar-refractivity contribution < 1.29 is 14.3 Å². The van der Waals surface area contributed by atoms with Gasteiger partial charge in [0.2, 0.25) is 0 Å². The second kappa shape index (κ2) is 4.92. The number of aldehydes is 1. The van der Waals surface area contributed by atoms with Crippen molar-refractivity contribution in [3.05, 3.63) is 17.5 Å². The molecule has 0 spiro atoms. The SMILES string of the molecule is CC1C(C)n2nc(C=O)cc2CN1C(=O)OC(C)(C)C. The summed E-state index contributed by atoms with van der Waals surface area (Å²) in [5.74, 6) is 0. The summed E-state index contributed by atoms with van der Waals surface area (Å²) in [4.78, 5) is 24.8. The summed E-state index contributed by atoms with van der Waals surface area (Å²) in [6, 6.07) is 1.67. The van der Waals surface area contributed by atoms with E-state index in [1.54, 1.807) is 11.0 Å². The van der Waals surface area contributed by atoms with Crippen molar-refractivity contribution in [2.24, 2.45) is 0 Å². The maximum atomic E-state index is 12.3. The molecule has 2 atom stereocenters. The van der Waals surface area contributed by atoms with Crippen LogP contribution >= 0.6 is 0 Å². The highest BCUT2D eigenvalue weighted by molar-refractivity contribution is 5.72. The van der Waals surface area contributed by atoms with E-state index in [0.717, 1.165) is 12.0 Å². The molecule has 0 aliphatic carbocycles. The van der Waals surface area contributed by atoms with Gasteiger partial charge in [0, 0.05) is 0 Å². The van der Waals surface area contributed by atoms with Gasteiger partial charge in [0.1, 0.15) is 11.3 Å². The molecule has 0 bridgehead atoms. The van der Waals surface area contributed by atoms with Gasteiger partial charge in [0.05, 0.1) is 24.3 Å². The first-order valence-electron chi connectivity index (χ1n) is 6.76. The second-order valence-electron chi connectivity index (χ2n) is 6.21. The molecular formula is C14H21N3O3. The average Bonchev–Trinajstić information content (AvgIpc) is 2.74. The van der Waals surface area contributed by atoms with Gasteiger partial charge in [-0.1, -0.05) is 0 Å². The van der Waals surface area contributed by atoms with E-state index in [0.29, 0.717) is 12.2 Å². The van der Waals surface area contributed by atoms with Crippen molar-refractivity contribution in [2.75, 3.05) is 0 Å². The van der Waals surface area contributed by atoms with E-state index in [2.05, 4.69) is 5.10 Å². The average molecular weight is 279 g/mol. The Kier molecular flexibility index (Phi) is 3.58. The molecule has 1 aromatic rings. The molecule has 0 N–H and O–H groups in total. The number of rotatable bonds is 1. The van der Waals surface area contributed by atoms with Crippen LogP contribution < -0.4 is 0 Å². The van der Waals surface area contributed by atoms with E-state index >= 15 is 0 Å². The summed E-state index contributed by atoms with van der Waals surface area (Å²) < 4.78 is 7.25. The van der Waals surface area contributed by atoms with Gasteiger partial charge in [0.15, 0.2) is 6.29 Å². The summed E-state index contributed by atoms with van der Waals surface area (Å²) >= 11 is 0. The largest absolute Gasteiger partial charge is 0.444 e. The molecule has 6 heteroatoms. The lowest BCUT2D eigenvalue weighted by Crippen LogP contribution is -2.48. The van der Waals surface area contributed by atoms with E-state index < -0.39 is 5.60 Å². The third-order valence-electron chi connectivity index (χ3n) is 3.49. The van der Waals surface area contributed by atoms with E-state index in [-0.39, 0.29) is 18.2 Å². The van der Waals surface area contributed by atoms with E-state index in [4.69, 9.17) is 4.74 Å². The normalized spacial score (nSPS) is 22.4. The van der Waals surface area contributed by atoms with Crippen LogP contribution in [0, 0.1) is 0 Å². The van der Waals surface area contributed by atoms with Crippen LogP contribution in [0.15, 0.2) is 6.07 Å². The van der Waals surface area contributed by atoms with Gasteiger partial charge in [-0.25, -0.2) is 4.79 Å². The number of amides is 1. The molecule has 110 valence electrons. The first-order valence-corrected chi connectivity index (χ1v) is 6.76. The van der Waals surface area contributed by atoms with Gasteiger partial charge in [-0.3, -0.25) is 14.4 Å². The minimum absolute atomic E-state index is 0.0000293. The molecule has 0 fully saturated rings. The molecule has 1 aromatic heterocycles. The topological polar surface area (TPSA) is 64.4 Å². The first-order chi connectivity index (χ1) is 9.23. The van der Waals surface area contributed by atoms with Crippen LogP contribution in [0.3, 0.4) is 0 Å². The zero-order valence-corrected chi connectivity index (χ0v) is 12.6. The molecule has 1 aliphatic heterocycles. The van der Waals surface area contributed by atoms with E-state index in [9.17, 15) is 9.59 Å². The molecule has 0 radical (unpaired) electrons. The summed E-state index contributed by atoms with van der Waals surface area (Å²) in [5.41, 5.74) is 0.722. The summed E-state index contributed by atoms with van der Waals surface area (Å²) in [6.45, 7) is 9.88. The van der Waals surface area contributed by atoms with E-state index in [1.165, 1.54) is 0 Å². The molecule has 20 heavy (non-hydrogen) atoms. The van der Waals surface area contributed by atoms with Crippen LogP contribution in [-0.2, 0) is 11.3 Å². The van der Waals surface area contributed by atoms with Crippen molar-refractivity contribution >= 4 is 12.4 Å². The van der Waals surface area contributed by atoms with Crippen LogP contribution in [0.2, 0.25) is 0 Å². The van der Waals surface area contributed by atoms with Crippen molar-refractivity contribution in [1.29, 1.82) is 0 Å². The third-order valence-corrected chi connectivity index (χ3v) is 3.49. The van der Waals surface area contributed by atoms with Crippen LogP contribution in [0.4, 0.5) is 4.79 Å². The molecule has 2 unspecified atom stereocenters. The first kappa shape index (κ1) is 14.6. The Morgan fingerprint density at radius 2 is 2.05 bits per heavy atom. The molecule has 1 aliphatic rings. The summed E-state index contributed by atoms with van der Waals surface area (Å²) in [6.07, 6.45) is 0.387. The van der Waals surface area contributed by atoms with Gasteiger partial charge < -0.3 is 4.74 Å². The molecule has 1 amide bonds. The Balaban J connectivity index is 2.25. The second-order valence-corrected chi connectivity index (χ2v) is 6.21. The summed E-state index contributed by atoms with van der Waals surface area (Å²) in [5, 5.41) is 4.24. The zero-order valence-electron chi connectivity index (χ0n) is 12.6. The Labute approximate surface area is 118 Å². The number of nitrogens with zero attached hydrogens (tertiary/aromatic N) is 3. The molecule has 0 aromatic carbocycles. The fourth-order valence-corrected chi connectivity index (χ4v) is 2.32. The van der Waals surface area contributed by atoms with Gasteiger partial charge in [-0.05, 0) is 40.7 Å². The highest BCUT2D eigenvalue weighted by Gasteiger charge is 2.35. The molecule has 0 saturated heterocycles. The van der Waals surface area contributed by atoms with Crippen molar-refractivity contribution in [3.8, 4) is 0 Å². The third kappa shape index (κ3) is 2.69. The van der Waals surface area contributed by atoms with Crippen molar-refractivity contribution in [3.63, 3.8) is 0 Å². The molecule has 2 heterocycles. The Bertz CT molecular complexity index is 530. The lowest BCUT2D eigenvalue weighted by atomic mass is 10.1. The Morgan fingerprint density at radius 3 is 2.60 bits per heavy atom. The number of carbonyl (C=O) groups is 2. The lowest BCUT2D eigenvalue weighted by Gasteiger charge is -2.39. The predicted molar refractivity (Wildman–Crippen MR) is 73.6 cm³/mol. The van der Waals surface area contributed by atoms with Crippen molar-refractivity contribution in [2.45, 2.75) is 58.8 Å². The Hall–Kier alpha value is -1.85. The maximum Gasteiger partial charge on any atom is 0.410 e. The van der Waals surface area contributed by atoms with Crippen LogP contribution in [-0.4, -0.2) is 38.7 Å². The molecule has 2 rings (SSSR count). The maximum absolute atomic E-state index is 12.3. The smallest absolute Gasteiger partial charge is 0.410 e. The number of carbonyl (C=O) groups excluding carboxylic acids is 2. The van der Waals surface area contributed by atoms with Gasteiger partial charge in [-0.2, -0.15) is 5.10 Å². The number of hydrogen-bond donors (Lipinski definition) is 0. The minimum atomic E-state index is -0.522. The predicted octanol–water partition coefficient (Wildman–Crippen LogP) is 2.40. The highest BCUT2D eigenvalue weighted by atomic mass is 16.6. The zero-order chi connectivity index (χ0) is 15.1. The fraction of sp³-hybridized carbons (Fsp3) is 0.643. The number of ether oxygens (including phenoxy) is 1. The quantitative estimate of drug-likeness (QED) is 0.740. The Morgan fingerprint density at radius 1 is 1.40 bits per heavy atom. The fourth-order valence-electron chi connectivity index (χ4n) is 2.32. The minimum Gasteiger partial charge on any atom is -0.444 e. The van der Waals surface area contributed by atoms with Gasteiger partial charge in [-0.15, -0.1) is 0 Å². The molecule has 6 nitrogen and oxygen atoms in total. The molecular weight excluding hydrogens is 258 g/mol. The van der Waals surface area contributed by atoms with Crippen LogP contribution in [0.1, 0.15) is 56.8 Å². The highest BCUT2D eigenvalue weighted by Crippen LogP contribution is 2.28. The lowest BCUT2D eigenvalue weighted by molar-refractivity contribution is 0.00407. The van der Waals surface area contributed by atoms with Crippen molar-refractivity contribution in [1.82, 2.24) is 14.7 Å². The van der Waals surface area contributed by atoms with E-state index in [1.807, 2.05) is 39.3 Å². The van der Waals surface area contributed by atoms with Gasteiger partial charge in [0.25, 0.3) is 0 Å². The number of hydrogen-bond acceptors (Lipinski definition) is 4. The van der Waals surface area contributed by atoms with Crippen LogP contribution in [0.5, 0.6) is 0 Å². The number of aromatic nitrogens is 2. The molecule has 0 saturated carbocycles. The monoisotopic (exact) mass is 279 g/mol. The van der Waals surface area contributed by atoms with Crippen LogP contribution in [0.25, 0.3) is 0 Å². The number of fused-ring (bicyclic) bond motifs is 1. The standard InChI is InChI=1S/C14H21N3O3/c1-9-10(2)17-12(6-11(8-18)15-17)7-16(9)13(19)20-14(3,4)5/h6,8-10H,7H2,1-5H3.